The van der Waals surface area contributed by atoms with Gasteiger partial charge < -0.3 is 14.6 Å². The molecule has 0 bridgehead atoms. The molecule has 158 valence electrons. The molecule has 1 aliphatic heterocycles. The third-order valence-corrected chi connectivity index (χ3v) is 6.70. The number of carbonyl (C=O) groups is 2. The van der Waals surface area contributed by atoms with Gasteiger partial charge in [0.25, 0.3) is 5.91 Å². The number of rotatable bonds is 4. The molecule has 1 aliphatic carbocycles. The fourth-order valence-corrected chi connectivity index (χ4v) is 5.39. The summed E-state index contributed by atoms with van der Waals surface area (Å²) in [7, 11) is 0. The highest BCUT2D eigenvalue weighted by atomic mass is 16.3. The van der Waals surface area contributed by atoms with Gasteiger partial charge in [0.15, 0.2) is 0 Å². The lowest BCUT2D eigenvalue weighted by molar-refractivity contribution is -0.124. The van der Waals surface area contributed by atoms with Crippen LogP contribution in [0, 0.1) is 0 Å². The maximum Gasteiger partial charge on any atom is 0.259 e. The van der Waals surface area contributed by atoms with E-state index in [1.807, 2.05) is 71.6 Å². The standard InChI is InChI=1S/C26H26N2O3/c29-24(27-18-20-12-9-17-31-20)23-21-13-5-6-14-22(21)25(30)28(19-10-3-1-4-11-19)26(23)15-7-2-8-16-26/h1,3-6,9-14,17,23H,2,7-8,15-16,18H2,(H,27,29). The van der Waals surface area contributed by atoms with E-state index in [0.29, 0.717) is 17.9 Å². The first kappa shape index (κ1) is 19.6. The predicted molar refractivity (Wildman–Crippen MR) is 119 cm³/mol. The van der Waals surface area contributed by atoms with Crippen molar-refractivity contribution in [2.45, 2.75) is 50.1 Å². The normalized spacial score (nSPS) is 19.8. The van der Waals surface area contributed by atoms with Crippen LogP contribution >= 0.6 is 0 Å². The van der Waals surface area contributed by atoms with E-state index in [1.165, 1.54) is 0 Å². The zero-order valence-corrected chi connectivity index (χ0v) is 17.4. The van der Waals surface area contributed by atoms with E-state index < -0.39 is 11.5 Å². The van der Waals surface area contributed by atoms with Crippen LogP contribution in [0.5, 0.6) is 0 Å². The number of para-hydroxylation sites is 1. The summed E-state index contributed by atoms with van der Waals surface area (Å²) in [5.41, 5.74) is 1.73. The van der Waals surface area contributed by atoms with Crippen molar-refractivity contribution in [2.24, 2.45) is 0 Å². The summed E-state index contributed by atoms with van der Waals surface area (Å²) in [5, 5.41) is 3.08. The SMILES string of the molecule is O=C(NCc1ccco1)C1c2ccccc2C(=O)N(c2ccccc2)C12CCCCC2. The molecule has 1 atom stereocenters. The minimum Gasteiger partial charge on any atom is -0.467 e. The summed E-state index contributed by atoms with van der Waals surface area (Å²) < 4.78 is 5.41. The van der Waals surface area contributed by atoms with Gasteiger partial charge in [-0.3, -0.25) is 9.59 Å². The molecule has 0 radical (unpaired) electrons. The maximum absolute atomic E-state index is 13.8. The van der Waals surface area contributed by atoms with Crippen LogP contribution in [0.3, 0.4) is 0 Å². The van der Waals surface area contributed by atoms with E-state index in [1.54, 1.807) is 6.26 Å². The van der Waals surface area contributed by atoms with Gasteiger partial charge in [0.05, 0.1) is 24.3 Å². The lowest BCUT2D eigenvalue weighted by atomic mass is 9.65. The molecule has 1 aromatic heterocycles. The second kappa shape index (κ2) is 8.06. The third kappa shape index (κ3) is 3.34. The molecule has 1 saturated carbocycles. The number of anilines is 1. The maximum atomic E-state index is 13.8. The molecule has 5 nitrogen and oxygen atoms in total. The Kier molecular flexibility index (Phi) is 5.10. The van der Waals surface area contributed by atoms with Crippen LogP contribution < -0.4 is 10.2 Å². The summed E-state index contributed by atoms with van der Waals surface area (Å²) in [6, 6.07) is 21.1. The van der Waals surface area contributed by atoms with Gasteiger partial charge in [0, 0.05) is 11.3 Å². The fourth-order valence-electron chi connectivity index (χ4n) is 5.39. The zero-order chi connectivity index (χ0) is 21.3. The van der Waals surface area contributed by atoms with Crippen LogP contribution in [-0.2, 0) is 11.3 Å². The highest BCUT2D eigenvalue weighted by Gasteiger charge is 2.55. The number of carbonyl (C=O) groups excluding carboxylic acids is 2. The summed E-state index contributed by atoms with van der Waals surface area (Å²) in [6.07, 6.45) is 6.35. The summed E-state index contributed by atoms with van der Waals surface area (Å²) in [4.78, 5) is 29.4. The number of furan rings is 1. The van der Waals surface area contributed by atoms with Crippen LogP contribution in [0.4, 0.5) is 5.69 Å². The Hall–Kier alpha value is -3.34. The molecular weight excluding hydrogens is 388 g/mol. The van der Waals surface area contributed by atoms with Gasteiger partial charge >= 0.3 is 0 Å². The number of hydrogen-bond donors (Lipinski definition) is 1. The van der Waals surface area contributed by atoms with Crippen LogP contribution in [0.1, 0.15) is 59.7 Å². The van der Waals surface area contributed by atoms with E-state index in [9.17, 15) is 9.59 Å². The number of nitrogens with one attached hydrogen (secondary N) is 1. The molecule has 31 heavy (non-hydrogen) atoms. The molecule has 5 heteroatoms. The van der Waals surface area contributed by atoms with Crippen molar-refractivity contribution < 1.29 is 14.0 Å². The van der Waals surface area contributed by atoms with Gasteiger partial charge in [-0.15, -0.1) is 0 Å². The van der Waals surface area contributed by atoms with Gasteiger partial charge in [0.1, 0.15) is 5.76 Å². The largest absolute Gasteiger partial charge is 0.467 e. The van der Waals surface area contributed by atoms with E-state index in [0.717, 1.165) is 43.4 Å². The highest BCUT2D eigenvalue weighted by Crippen LogP contribution is 2.50. The fraction of sp³-hybridized carbons (Fsp3) is 0.308. The third-order valence-electron chi connectivity index (χ3n) is 6.70. The van der Waals surface area contributed by atoms with Crippen molar-refractivity contribution in [1.29, 1.82) is 0 Å². The van der Waals surface area contributed by atoms with Gasteiger partial charge in [-0.25, -0.2) is 0 Å². The van der Waals surface area contributed by atoms with Gasteiger partial charge in [-0.05, 0) is 48.7 Å². The van der Waals surface area contributed by atoms with Crippen LogP contribution in [0.2, 0.25) is 0 Å². The highest BCUT2D eigenvalue weighted by molar-refractivity contribution is 6.12. The number of amides is 2. The van der Waals surface area contributed by atoms with Crippen LogP contribution in [0.25, 0.3) is 0 Å². The molecule has 1 fully saturated rings. The molecule has 1 spiro atoms. The number of fused-ring (bicyclic) bond motifs is 1. The van der Waals surface area contributed by atoms with E-state index >= 15 is 0 Å². The monoisotopic (exact) mass is 414 g/mol. The Bertz CT molecular complexity index is 1070. The van der Waals surface area contributed by atoms with Crippen LogP contribution in [0.15, 0.2) is 77.4 Å². The summed E-state index contributed by atoms with van der Waals surface area (Å²) >= 11 is 0. The van der Waals surface area contributed by atoms with Crippen molar-refractivity contribution in [1.82, 2.24) is 5.32 Å². The van der Waals surface area contributed by atoms with Crippen LogP contribution in [-0.4, -0.2) is 17.4 Å². The molecule has 1 unspecified atom stereocenters. The second-order valence-corrected chi connectivity index (χ2v) is 8.46. The average molecular weight is 415 g/mol. The van der Waals surface area contributed by atoms with Crippen molar-refractivity contribution in [3.63, 3.8) is 0 Å². The lowest BCUT2D eigenvalue weighted by Crippen LogP contribution is -2.63. The van der Waals surface area contributed by atoms with Gasteiger partial charge in [-0.1, -0.05) is 55.7 Å². The molecule has 3 aromatic rings. The van der Waals surface area contributed by atoms with Gasteiger partial charge in [0.2, 0.25) is 5.91 Å². The molecule has 2 aliphatic rings. The van der Waals surface area contributed by atoms with E-state index in [2.05, 4.69) is 5.32 Å². The average Bonchev–Trinajstić information content (AvgIpc) is 3.33. The molecule has 2 amide bonds. The minimum atomic E-state index is -0.571. The second-order valence-electron chi connectivity index (χ2n) is 8.46. The van der Waals surface area contributed by atoms with E-state index in [4.69, 9.17) is 4.42 Å². The Labute approximate surface area is 182 Å². The zero-order valence-electron chi connectivity index (χ0n) is 17.4. The molecule has 2 aromatic carbocycles. The quantitative estimate of drug-likeness (QED) is 0.650. The first-order chi connectivity index (χ1) is 15.2. The topological polar surface area (TPSA) is 62.6 Å². The summed E-state index contributed by atoms with van der Waals surface area (Å²) in [6.45, 7) is 0.333. The minimum absolute atomic E-state index is 0.0150. The first-order valence-electron chi connectivity index (χ1n) is 11.0. The Morgan fingerprint density at radius 3 is 2.45 bits per heavy atom. The van der Waals surface area contributed by atoms with Crippen molar-refractivity contribution in [3.05, 3.63) is 89.9 Å². The van der Waals surface area contributed by atoms with Crippen molar-refractivity contribution in [3.8, 4) is 0 Å². The smallest absolute Gasteiger partial charge is 0.259 e. The summed E-state index contributed by atoms with van der Waals surface area (Å²) in [5.74, 6) is 0.209. The Morgan fingerprint density at radius 2 is 1.71 bits per heavy atom. The molecule has 1 N–H and O–H groups in total. The first-order valence-corrected chi connectivity index (χ1v) is 11.0. The lowest BCUT2D eigenvalue weighted by Gasteiger charge is -2.53. The van der Waals surface area contributed by atoms with E-state index in [-0.39, 0.29) is 11.8 Å². The van der Waals surface area contributed by atoms with Gasteiger partial charge in [-0.2, -0.15) is 0 Å². The molecule has 2 heterocycles. The Morgan fingerprint density at radius 1 is 0.968 bits per heavy atom. The molecular formula is C26H26N2O3. The number of benzene rings is 2. The van der Waals surface area contributed by atoms with Crippen molar-refractivity contribution >= 4 is 17.5 Å². The molecule has 0 saturated heterocycles. The van der Waals surface area contributed by atoms with Crippen molar-refractivity contribution in [2.75, 3.05) is 4.90 Å². The number of hydrogen-bond acceptors (Lipinski definition) is 3. The predicted octanol–water partition coefficient (Wildman–Crippen LogP) is 5.04. The number of nitrogens with zero attached hydrogens (tertiary/aromatic N) is 1. The Balaban J connectivity index is 1.63. The molecule has 5 rings (SSSR count).